The molecule has 0 bridgehead atoms. The standard InChI is InChI=1S/C70H50B2N2/c1-41(2)51-37-53-59-35-47(73(43-21-9-5-10-22-43)44-23-11-6-12-24-44)33-57-49-29-18-20-32-62(49)72(69(57)59)64-40-56-52(42(3)4)38-54-60-36-48(74(45-25-13-7-14-26-45)46-27-15-8-16-28-46)34-58-50-30-17-19-31-61(50)71(70(58)60)63-39-55(51)67(65(53)64)68(56)66(54)63/h5-42H,1-4H3. The summed E-state index contributed by atoms with van der Waals surface area (Å²) in [6, 6.07) is 82.9. The van der Waals surface area contributed by atoms with Crippen molar-refractivity contribution in [3.05, 3.63) is 230 Å². The summed E-state index contributed by atoms with van der Waals surface area (Å²) in [5, 5.41) is 8.54. The average molecular weight is 941 g/mol. The molecule has 0 unspecified atom stereocenters. The van der Waals surface area contributed by atoms with E-state index in [1.54, 1.807) is 0 Å². The molecular weight excluding hydrogens is 890 g/mol. The number of para-hydroxylation sites is 4. The Morgan fingerprint density at radius 3 is 0.919 bits per heavy atom. The predicted molar refractivity (Wildman–Crippen MR) is 319 cm³/mol. The van der Waals surface area contributed by atoms with E-state index < -0.39 is 0 Å². The lowest BCUT2D eigenvalue weighted by molar-refractivity contribution is 0.876. The SMILES string of the molecule is CC(C)c1cc2c3c(cc4c(C(C)C)cc5c6c(cc1c3c46)B1c3ccccc3-c3cc(N(c4ccccc4)c4ccccc4)cc-5c31)B1c3ccccc3-c3cc(N(c4ccccc4)c4ccccc4)cc-2c31. The minimum absolute atomic E-state index is 0.109. The first-order chi connectivity index (χ1) is 36.4. The van der Waals surface area contributed by atoms with Gasteiger partial charge < -0.3 is 9.80 Å². The van der Waals surface area contributed by atoms with Crippen LogP contribution in [0.4, 0.5) is 34.1 Å². The van der Waals surface area contributed by atoms with Crippen LogP contribution >= 0.6 is 0 Å². The van der Waals surface area contributed by atoms with E-state index in [1.807, 2.05) is 0 Å². The number of hydrogen-bond donors (Lipinski definition) is 0. The van der Waals surface area contributed by atoms with Crippen LogP contribution in [0.2, 0.25) is 0 Å². The molecular formula is C70H50B2N2. The van der Waals surface area contributed by atoms with E-state index in [-0.39, 0.29) is 13.4 Å². The van der Waals surface area contributed by atoms with Crippen LogP contribution in [0.1, 0.15) is 50.7 Å². The van der Waals surface area contributed by atoms with Crippen molar-refractivity contribution < 1.29 is 0 Å². The normalized spacial score (nSPS) is 13.1. The van der Waals surface area contributed by atoms with Gasteiger partial charge >= 0.3 is 0 Å². The third-order valence-electron chi connectivity index (χ3n) is 17.3. The van der Waals surface area contributed by atoms with E-state index in [9.17, 15) is 0 Å². The maximum Gasteiger partial charge on any atom is 0.244 e. The number of rotatable bonds is 8. The van der Waals surface area contributed by atoms with E-state index in [1.165, 1.54) is 132 Å². The Kier molecular flexibility index (Phi) is 8.77. The molecule has 0 N–H and O–H groups in total. The van der Waals surface area contributed by atoms with Crippen LogP contribution in [0.25, 0.3) is 76.8 Å². The van der Waals surface area contributed by atoms with Crippen molar-refractivity contribution in [3.63, 3.8) is 0 Å². The van der Waals surface area contributed by atoms with Gasteiger partial charge in [0, 0.05) is 34.1 Å². The summed E-state index contributed by atoms with van der Waals surface area (Å²) in [7, 11) is 0. The van der Waals surface area contributed by atoms with Gasteiger partial charge in [0.25, 0.3) is 0 Å². The van der Waals surface area contributed by atoms with Crippen molar-refractivity contribution in [1.29, 1.82) is 0 Å². The van der Waals surface area contributed by atoms with Gasteiger partial charge in [-0.15, -0.1) is 0 Å². The van der Waals surface area contributed by atoms with Gasteiger partial charge in [-0.2, -0.15) is 0 Å². The molecule has 0 saturated heterocycles. The number of nitrogens with zero attached hydrogens (tertiary/aromatic N) is 2. The Labute approximate surface area is 433 Å². The van der Waals surface area contributed by atoms with E-state index in [4.69, 9.17) is 0 Å². The molecule has 0 spiro atoms. The van der Waals surface area contributed by atoms with Crippen LogP contribution in [0.3, 0.4) is 0 Å². The molecule has 0 atom stereocenters. The highest BCUT2D eigenvalue weighted by Crippen LogP contribution is 2.52. The molecule has 4 aliphatic rings. The third-order valence-corrected chi connectivity index (χ3v) is 17.3. The summed E-state index contributed by atoms with van der Waals surface area (Å²) in [6.07, 6.45) is 0. The fraction of sp³-hybridized carbons (Fsp3) is 0.0857. The van der Waals surface area contributed by atoms with Crippen LogP contribution in [-0.2, 0) is 0 Å². The minimum Gasteiger partial charge on any atom is -0.310 e. The zero-order valence-corrected chi connectivity index (χ0v) is 42.0. The predicted octanol–water partition coefficient (Wildman–Crippen LogP) is 14.7. The summed E-state index contributed by atoms with van der Waals surface area (Å²) in [6.45, 7) is 9.87. The molecule has 0 aromatic heterocycles. The van der Waals surface area contributed by atoms with Gasteiger partial charge in [-0.05, 0) is 185 Å². The largest absolute Gasteiger partial charge is 0.310 e. The molecule has 16 rings (SSSR count). The summed E-state index contributed by atoms with van der Waals surface area (Å²) in [5.74, 6) is 0.581. The van der Waals surface area contributed by atoms with Gasteiger partial charge in [0.2, 0.25) is 13.4 Å². The van der Waals surface area contributed by atoms with Crippen molar-refractivity contribution in [2.24, 2.45) is 0 Å². The highest BCUT2D eigenvalue weighted by Gasteiger charge is 2.45. The van der Waals surface area contributed by atoms with E-state index >= 15 is 0 Å². The fourth-order valence-corrected chi connectivity index (χ4v) is 14.4. The van der Waals surface area contributed by atoms with Gasteiger partial charge in [-0.25, -0.2) is 0 Å². The molecule has 74 heavy (non-hydrogen) atoms. The minimum atomic E-state index is 0.109. The number of hydrogen-bond acceptors (Lipinski definition) is 2. The Morgan fingerprint density at radius 2 is 0.581 bits per heavy atom. The van der Waals surface area contributed by atoms with Crippen molar-refractivity contribution >= 4 is 113 Å². The van der Waals surface area contributed by atoms with Crippen LogP contribution < -0.4 is 42.6 Å². The molecule has 4 heteroatoms. The monoisotopic (exact) mass is 940 g/mol. The summed E-state index contributed by atoms with van der Waals surface area (Å²) < 4.78 is 0. The Balaban J connectivity index is 1.05. The molecule has 0 aliphatic carbocycles. The Bertz CT molecular complexity index is 3960. The second kappa shape index (κ2) is 15.5. The molecule has 0 amide bonds. The first kappa shape index (κ1) is 42.0. The lowest BCUT2D eigenvalue weighted by atomic mass is 9.34. The molecule has 0 fully saturated rings. The van der Waals surface area contributed by atoms with Gasteiger partial charge in [-0.3, -0.25) is 0 Å². The van der Waals surface area contributed by atoms with Crippen molar-refractivity contribution in [2.75, 3.05) is 9.80 Å². The molecule has 0 radical (unpaired) electrons. The third kappa shape index (κ3) is 5.63. The highest BCUT2D eigenvalue weighted by atomic mass is 15.1. The van der Waals surface area contributed by atoms with Crippen LogP contribution in [0.5, 0.6) is 0 Å². The molecule has 12 aromatic rings. The second-order valence-electron chi connectivity index (χ2n) is 21.8. The topological polar surface area (TPSA) is 6.48 Å². The van der Waals surface area contributed by atoms with Crippen molar-refractivity contribution in [1.82, 2.24) is 0 Å². The first-order valence-electron chi connectivity index (χ1n) is 26.6. The Hall–Kier alpha value is -8.59. The molecule has 346 valence electrons. The number of anilines is 6. The smallest absolute Gasteiger partial charge is 0.244 e. The first-order valence-corrected chi connectivity index (χ1v) is 26.6. The summed E-state index contributed by atoms with van der Waals surface area (Å²) >= 11 is 0. The highest BCUT2D eigenvalue weighted by molar-refractivity contribution is 7.03. The number of benzene rings is 12. The van der Waals surface area contributed by atoms with Crippen LogP contribution in [0, 0.1) is 0 Å². The molecule has 12 aromatic carbocycles. The summed E-state index contributed by atoms with van der Waals surface area (Å²) in [4.78, 5) is 4.91. The van der Waals surface area contributed by atoms with Crippen molar-refractivity contribution in [2.45, 2.75) is 39.5 Å². The quantitative estimate of drug-likeness (QED) is 0.111. The second-order valence-corrected chi connectivity index (χ2v) is 21.8. The zero-order valence-electron chi connectivity index (χ0n) is 42.0. The average Bonchev–Trinajstić information content (AvgIpc) is 3.99. The molecule has 4 heterocycles. The zero-order chi connectivity index (χ0) is 49.1. The van der Waals surface area contributed by atoms with Gasteiger partial charge in [0.15, 0.2) is 0 Å². The molecule has 0 saturated carbocycles. The van der Waals surface area contributed by atoms with Crippen LogP contribution in [0.15, 0.2) is 218 Å². The lowest BCUT2D eigenvalue weighted by Gasteiger charge is -2.34. The molecule has 2 nitrogen and oxygen atoms in total. The van der Waals surface area contributed by atoms with Gasteiger partial charge in [0.1, 0.15) is 0 Å². The number of fused-ring (bicyclic) bond motifs is 10. The lowest BCUT2D eigenvalue weighted by Crippen LogP contribution is -2.53. The van der Waals surface area contributed by atoms with Gasteiger partial charge in [-0.1, -0.05) is 194 Å². The van der Waals surface area contributed by atoms with Crippen molar-refractivity contribution in [3.8, 4) is 44.5 Å². The summed E-state index contributed by atoms with van der Waals surface area (Å²) in [5.41, 5.74) is 29.2. The fourth-order valence-electron chi connectivity index (χ4n) is 14.4. The maximum atomic E-state index is 2.68. The van der Waals surface area contributed by atoms with Crippen LogP contribution in [-0.4, -0.2) is 13.4 Å². The Morgan fingerprint density at radius 1 is 0.270 bits per heavy atom. The van der Waals surface area contributed by atoms with Gasteiger partial charge in [0.05, 0.1) is 0 Å². The molecule has 4 aliphatic heterocycles. The maximum absolute atomic E-state index is 2.68. The van der Waals surface area contributed by atoms with E-state index in [0.717, 1.165) is 22.7 Å². The van der Waals surface area contributed by atoms with E-state index in [0.29, 0.717) is 11.8 Å². The van der Waals surface area contributed by atoms with E-state index in [2.05, 4.69) is 256 Å².